The zero-order chi connectivity index (χ0) is 19.6. The Labute approximate surface area is 160 Å². The molecule has 1 aromatic heterocycles. The standard InChI is InChI=1S/C20H19N3O3S/c1-4-9-22-17-11-13(2)10-14(3)19(17)27-20(22)21-18(24)12-15-5-7-16(8-6-15)23(25)26/h4-8,10-11H,1,9,12H2,2-3H3. The van der Waals surface area contributed by atoms with Gasteiger partial charge in [-0.25, -0.2) is 0 Å². The molecular weight excluding hydrogens is 362 g/mol. The summed E-state index contributed by atoms with van der Waals surface area (Å²) in [5.74, 6) is -0.289. The van der Waals surface area contributed by atoms with Gasteiger partial charge >= 0.3 is 0 Å². The van der Waals surface area contributed by atoms with Crippen molar-refractivity contribution in [2.45, 2.75) is 26.8 Å². The minimum atomic E-state index is -0.463. The zero-order valence-electron chi connectivity index (χ0n) is 15.1. The second-order valence-corrected chi connectivity index (χ2v) is 7.30. The molecule has 3 rings (SSSR count). The molecule has 0 aliphatic carbocycles. The highest BCUT2D eigenvalue weighted by molar-refractivity contribution is 7.16. The first-order valence-corrected chi connectivity index (χ1v) is 9.23. The Morgan fingerprint density at radius 2 is 2.00 bits per heavy atom. The molecule has 3 aromatic rings. The highest BCUT2D eigenvalue weighted by Crippen LogP contribution is 2.23. The quantitative estimate of drug-likeness (QED) is 0.379. The molecule has 0 atom stereocenters. The van der Waals surface area contributed by atoms with Gasteiger partial charge in [0.1, 0.15) is 0 Å². The third-order valence-electron chi connectivity index (χ3n) is 4.15. The lowest BCUT2D eigenvalue weighted by atomic mass is 10.1. The maximum atomic E-state index is 12.5. The summed E-state index contributed by atoms with van der Waals surface area (Å²) < 4.78 is 3.09. The number of allylic oxidation sites excluding steroid dienone is 1. The molecule has 6 nitrogen and oxygen atoms in total. The number of hydrogen-bond donors (Lipinski definition) is 0. The van der Waals surface area contributed by atoms with Gasteiger partial charge in [-0.2, -0.15) is 4.99 Å². The van der Waals surface area contributed by atoms with Crippen LogP contribution in [0.25, 0.3) is 10.2 Å². The van der Waals surface area contributed by atoms with E-state index in [0.29, 0.717) is 16.9 Å². The van der Waals surface area contributed by atoms with Gasteiger partial charge in [-0.05, 0) is 36.6 Å². The second kappa shape index (κ2) is 7.67. The molecule has 7 heteroatoms. The summed E-state index contributed by atoms with van der Waals surface area (Å²) in [4.78, 5) is 27.6. The molecule has 0 fully saturated rings. The fourth-order valence-corrected chi connectivity index (χ4v) is 4.07. The molecule has 0 aliphatic rings. The molecule has 0 unspecified atom stereocenters. The van der Waals surface area contributed by atoms with Crippen molar-refractivity contribution in [3.05, 3.63) is 80.7 Å². The van der Waals surface area contributed by atoms with Crippen molar-refractivity contribution < 1.29 is 9.72 Å². The molecule has 0 bridgehead atoms. The van der Waals surface area contributed by atoms with Crippen LogP contribution in [-0.2, 0) is 17.8 Å². The number of benzene rings is 2. The summed E-state index contributed by atoms with van der Waals surface area (Å²) in [5.41, 5.74) is 4.04. The van der Waals surface area contributed by atoms with Crippen molar-refractivity contribution in [2.24, 2.45) is 4.99 Å². The lowest BCUT2D eigenvalue weighted by Gasteiger charge is -2.03. The number of non-ortho nitro benzene ring substituents is 1. The molecule has 1 heterocycles. The van der Waals surface area contributed by atoms with Crippen LogP contribution in [0.1, 0.15) is 16.7 Å². The normalized spacial score (nSPS) is 11.7. The van der Waals surface area contributed by atoms with E-state index in [1.54, 1.807) is 18.2 Å². The lowest BCUT2D eigenvalue weighted by Crippen LogP contribution is -2.17. The first kappa shape index (κ1) is 18.7. The number of nitro groups is 1. The van der Waals surface area contributed by atoms with Gasteiger partial charge in [-0.1, -0.05) is 35.6 Å². The smallest absolute Gasteiger partial charge is 0.269 e. The van der Waals surface area contributed by atoms with E-state index in [0.717, 1.165) is 21.3 Å². The highest BCUT2D eigenvalue weighted by atomic mass is 32.1. The SMILES string of the molecule is C=CCn1c(=NC(=O)Cc2ccc([N+](=O)[O-])cc2)sc2c(C)cc(C)cc21. The first-order chi connectivity index (χ1) is 12.9. The molecular formula is C20H19N3O3S. The van der Waals surface area contributed by atoms with Crippen LogP contribution < -0.4 is 4.80 Å². The summed E-state index contributed by atoms with van der Waals surface area (Å²) in [7, 11) is 0. The van der Waals surface area contributed by atoms with Gasteiger partial charge in [0, 0.05) is 18.7 Å². The van der Waals surface area contributed by atoms with E-state index in [2.05, 4.69) is 23.7 Å². The van der Waals surface area contributed by atoms with Crippen LogP contribution in [0.15, 0.2) is 54.0 Å². The third kappa shape index (κ3) is 4.03. The van der Waals surface area contributed by atoms with Gasteiger partial charge in [0.25, 0.3) is 11.6 Å². The van der Waals surface area contributed by atoms with Gasteiger partial charge < -0.3 is 4.57 Å². The number of thiazole rings is 1. The average molecular weight is 381 g/mol. The number of fused-ring (bicyclic) bond motifs is 1. The third-order valence-corrected chi connectivity index (χ3v) is 5.38. The molecule has 0 saturated carbocycles. The minimum Gasteiger partial charge on any atom is -0.312 e. The molecule has 0 radical (unpaired) electrons. The summed E-state index contributed by atoms with van der Waals surface area (Å²) >= 11 is 1.48. The Hall–Kier alpha value is -3.06. The summed E-state index contributed by atoms with van der Waals surface area (Å²) in [6.45, 7) is 8.45. The van der Waals surface area contributed by atoms with Crippen LogP contribution in [-0.4, -0.2) is 15.4 Å². The minimum absolute atomic E-state index is 0.00214. The van der Waals surface area contributed by atoms with Crippen LogP contribution in [0.3, 0.4) is 0 Å². The predicted octanol–water partition coefficient (Wildman–Crippen LogP) is 4.08. The average Bonchev–Trinajstić information content (AvgIpc) is 2.93. The van der Waals surface area contributed by atoms with Crippen LogP contribution in [0.5, 0.6) is 0 Å². The fourth-order valence-electron chi connectivity index (χ4n) is 2.96. The van der Waals surface area contributed by atoms with E-state index in [9.17, 15) is 14.9 Å². The lowest BCUT2D eigenvalue weighted by molar-refractivity contribution is -0.384. The van der Waals surface area contributed by atoms with Gasteiger partial charge in [0.2, 0.25) is 0 Å². The van der Waals surface area contributed by atoms with Crippen molar-refractivity contribution in [2.75, 3.05) is 0 Å². The molecule has 0 N–H and O–H groups in total. The summed E-state index contributed by atoms with van der Waals surface area (Å²) in [6, 6.07) is 10.2. The van der Waals surface area contributed by atoms with E-state index in [-0.39, 0.29) is 18.0 Å². The highest BCUT2D eigenvalue weighted by Gasteiger charge is 2.11. The molecule has 2 aromatic carbocycles. The van der Waals surface area contributed by atoms with E-state index in [1.165, 1.54) is 23.5 Å². The second-order valence-electron chi connectivity index (χ2n) is 6.32. The van der Waals surface area contributed by atoms with Crippen LogP contribution in [0, 0.1) is 24.0 Å². The van der Waals surface area contributed by atoms with Gasteiger partial charge in [-0.3, -0.25) is 14.9 Å². The van der Waals surface area contributed by atoms with E-state index >= 15 is 0 Å². The van der Waals surface area contributed by atoms with Crippen LogP contribution >= 0.6 is 11.3 Å². The van der Waals surface area contributed by atoms with E-state index < -0.39 is 4.92 Å². The van der Waals surface area contributed by atoms with Crippen molar-refractivity contribution in [1.29, 1.82) is 0 Å². The zero-order valence-corrected chi connectivity index (χ0v) is 16.0. The van der Waals surface area contributed by atoms with E-state index in [4.69, 9.17) is 0 Å². The fraction of sp³-hybridized carbons (Fsp3) is 0.200. The number of aryl methyl sites for hydroxylation is 2. The van der Waals surface area contributed by atoms with E-state index in [1.807, 2.05) is 18.4 Å². The number of hydrogen-bond acceptors (Lipinski definition) is 4. The maximum Gasteiger partial charge on any atom is 0.269 e. The number of amides is 1. The maximum absolute atomic E-state index is 12.5. The van der Waals surface area contributed by atoms with Crippen molar-refractivity contribution in [3.8, 4) is 0 Å². The number of aromatic nitrogens is 1. The molecule has 0 saturated heterocycles. The predicted molar refractivity (Wildman–Crippen MR) is 107 cm³/mol. The molecule has 0 aliphatic heterocycles. The Bertz CT molecular complexity index is 1110. The Morgan fingerprint density at radius 3 is 2.63 bits per heavy atom. The first-order valence-electron chi connectivity index (χ1n) is 8.41. The largest absolute Gasteiger partial charge is 0.312 e. The molecule has 27 heavy (non-hydrogen) atoms. The van der Waals surface area contributed by atoms with Crippen LogP contribution in [0.2, 0.25) is 0 Å². The number of nitrogens with zero attached hydrogens (tertiary/aromatic N) is 3. The summed E-state index contributed by atoms with van der Waals surface area (Å²) in [6.07, 6.45) is 1.88. The molecule has 1 amide bonds. The van der Waals surface area contributed by atoms with Gasteiger partial charge in [-0.15, -0.1) is 6.58 Å². The molecule has 138 valence electrons. The number of carbonyl (C=O) groups is 1. The number of carbonyl (C=O) groups excluding carboxylic acids is 1. The van der Waals surface area contributed by atoms with Crippen LogP contribution in [0.4, 0.5) is 5.69 Å². The Morgan fingerprint density at radius 1 is 1.30 bits per heavy atom. The Kier molecular flexibility index (Phi) is 5.32. The number of rotatable bonds is 5. The van der Waals surface area contributed by atoms with Crippen molar-refractivity contribution in [3.63, 3.8) is 0 Å². The van der Waals surface area contributed by atoms with Gasteiger partial charge in [0.05, 0.1) is 21.6 Å². The number of nitro benzene ring substituents is 1. The van der Waals surface area contributed by atoms with Gasteiger partial charge in [0.15, 0.2) is 4.80 Å². The topological polar surface area (TPSA) is 77.5 Å². The molecule has 0 spiro atoms. The van der Waals surface area contributed by atoms with Crippen molar-refractivity contribution in [1.82, 2.24) is 4.57 Å². The Balaban J connectivity index is 1.97. The monoisotopic (exact) mass is 381 g/mol. The summed E-state index contributed by atoms with van der Waals surface area (Å²) in [5, 5.41) is 10.7. The van der Waals surface area contributed by atoms with Crippen molar-refractivity contribution >= 4 is 33.1 Å².